The average molecular weight is 523 g/mol. The summed E-state index contributed by atoms with van der Waals surface area (Å²) in [4.78, 5) is 52.8. The number of ether oxygens (including phenoxy) is 1. The van der Waals surface area contributed by atoms with Crippen molar-refractivity contribution in [3.05, 3.63) is 53.3 Å². The van der Waals surface area contributed by atoms with E-state index in [2.05, 4.69) is 20.9 Å². The van der Waals surface area contributed by atoms with Crippen LogP contribution in [-0.2, 0) is 25.7 Å². The zero-order chi connectivity index (χ0) is 26.7. The van der Waals surface area contributed by atoms with Gasteiger partial charge in [-0.3, -0.25) is 24.5 Å². The minimum atomic E-state index is -1.46. The van der Waals surface area contributed by atoms with E-state index in [1.165, 1.54) is 6.08 Å². The zero-order valence-electron chi connectivity index (χ0n) is 20.3. The molecular weight excluding hydrogens is 491 g/mol. The van der Waals surface area contributed by atoms with E-state index >= 15 is 0 Å². The van der Waals surface area contributed by atoms with Crippen molar-refractivity contribution in [1.29, 1.82) is 0 Å². The number of hydrogen-bond donors (Lipinski definition) is 4. The van der Waals surface area contributed by atoms with Gasteiger partial charge >= 0.3 is 5.97 Å². The standard InChI is InChI=1S/C24H31FN4O6S/c1-4-18-22(32)29-21(14(2)3)24(34)35-17(7-5-6-8-36-13-30)11-20(31)26-12-16-9-15(25)10-19(27-16)23(33)28-18/h4-5,7,9-10,13-14,17,21-22,29,32H,6,8,11-12H2,1-3H3,(H,26,31)(H,28,33)/b7-5+,18-4-/t17-,21+,22?/m1/s1. The highest BCUT2D eigenvalue weighted by Crippen LogP contribution is 2.13. The zero-order valence-corrected chi connectivity index (χ0v) is 21.1. The SMILES string of the molecule is C/C=C1\NC(=O)c2cc(F)cc(n2)CNC(=O)C[C@@H](/C=C/CCSC=O)OC(=O)[C@H](C(C)C)NC1O. The second kappa shape index (κ2) is 14.5. The first-order valence-corrected chi connectivity index (χ1v) is 12.5. The Hall–Kier alpha value is -3.09. The third-order valence-corrected chi connectivity index (χ3v) is 5.75. The summed E-state index contributed by atoms with van der Waals surface area (Å²) in [7, 11) is 0. The first-order chi connectivity index (χ1) is 17.1. The Kier molecular flexibility index (Phi) is 11.7. The van der Waals surface area contributed by atoms with Gasteiger partial charge in [-0.2, -0.15) is 0 Å². The number of carbonyl (C=O) groups is 4. The van der Waals surface area contributed by atoms with Crippen LogP contribution in [0.4, 0.5) is 4.39 Å². The summed E-state index contributed by atoms with van der Waals surface area (Å²) in [6, 6.07) is 1.04. The smallest absolute Gasteiger partial charge is 0.324 e. The third kappa shape index (κ3) is 9.17. The van der Waals surface area contributed by atoms with Crippen molar-refractivity contribution in [1.82, 2.24) is 20.9 Å². The van der Waals surface area contributed by atoms with Crippen LogP contribution in [0.1, 0.15) is 49.8 Å². The lowest BCUT2D eigenvalue weighted by Gasteiger charge is -2.27. The van der Waals surface area contributed by atoms with Gasteiger partial charge in [0.2, 0.25) is 5.91 Å². The maximum absolute atomic E-state index is 14.1. The lowest BCUT2D eigenvalue weighted by molar-refractivity contribution is -0.152. The minimum absolute atomic E-state index is 0.0376. The van der Waals surface area contributed by atoms with Crippen LogP contribution < -0.4 is 16.0 Å². The van der Waals surface area contributed by atoms with Crippen molar-refractivity contribution in [3.8, 4) is 0 Å². The van der Waals surface area contributed by atoms with Gasteiger partial charge in [-0.15, -0.1) is 0 Å². The number of aromatic nitrogens is 1. The molecule has 2 heterocycles. The molecule has 196 valence electrons. The molecule has 0 aliphatic carbocycles. The maximum Gasteiger partial charge on any atom is 0.324 e. The van der Waals surface area contributed by atoms with Crippen molar-refractivity contribution < 1.29 is 33.4 Å². The molecule has 2 amide bonds. The number of cyclic esters (lactones) is 1. The van der Waals surface area contributed by atoms with Crippen molar-refractivity contribution in [2.75, 3.05) is 5.75 Å². The van der Waals surface area contributed by atoms with Gasteiger partial charge in [0.25, 0.3) is 5.91 Å². The first-order valence-electron chi connectivity index (χ1n) is 11.4. The third-order valence-electron chi connectivity index (χ3n) is 5.14. The number of aliphatic hydroxyl groups excluding tert-OH is 1. The Morgan fingerprint density at radius 2 is 2.06 bits per heavy atom. The second-order valence-electron chi connectivity index (χ2n) is 8.29. The summed E-state index contributed by atoms with van der Waals surface area (Å²) in [5.74, 6) is -2.48. The molecule has 1 aromatic heterocycles. The van der Waals surface area contributed by atoms with Gasteiger partial charge in [-0.05, 0) is 31.4 Å². The Balaban J connectivity index is 2.38. The van der Waals surface area contributed by atoms with Crippen molar-refractivity contribution in [3.63, 3.8) is 0 Å². The van der Waals surface area contributed by atoms with E-state index in [4.69, 9.17) is 4.74 Å². The van der Waals surface area contributed by atoms with E-state index in [-0.39, 0.29) is 36.0 Å². The molecule has 1 aliphatic heterocycles. The molecule has 0 radical (unpaired) electrons. The van der Waals surface area contributed by atoms with E-state index < -0.39 is 42.0 Å². The van der Waals surface area contributed by atoms with Gasteiger partial charge in [0.1, 0.15) is 29.9 Å². The van der Waals surface area contributed by atoms with Gasteiger partial charge in [0, 0.05) is 11.8 Å². The molecule has 0 saturated carbocycles. The summed E-state index contributed by atoms with van der Waals surface area (Å²) in [6.45, 7) is 4.90. The number of aliphatic hydroxyl groups is 1. The molecule has 0 spiro atoms. The highest BCUT2D eigenvalue weighted by molar-refractivity contribution is 8.11. The van der Waals surface area contributed by atoms with Gasteiger partial charge in [0.05, 0.1) is 24.4 Å². The Bertz CT molecular complexity index is 1020. The normalized spacial score (nSPS) is 23.4. The number of fused-ring (bicyclic) bond motifs is 2. The van der Waals surface area contributed by atoms with Crippen molar-refractivity contribution in [2.45, 2.75) is 58.5 Å². The Morgan fingerprint density at radius 1 is 1.31 bits per heavy atom. The van der Waals surface area contributed by atoms with Gasteiger partial charge in [-0.1, -0.05) is 37.8 Å². The fourth-order valence-electron chi connectivity index (χ4n) is 3.29. The van der Waals surface area contributed by atoms with E-state index in [0.717, 1.165) is 29.5 Å². The van der Waals surface area contributed by atoms with Crippen molar-refractivity contribution in [2.24, 2.45) is 5.92 Å². The number of carbonyl (C=O) groups excluding carboxylic acids is 4. The molecule has 4 N–H and O–H groups in total. The second-order valence-corrected chi connectivity index (χ2v) is 9.23. The maximum atomic E-state index is 14.1. The number of amides is 2. The minimum Gasteiger partial charge on any atom is -0.456 e. The van der Waals surface area contributed by atoms with E-state index in [1.807, 2.05) is 0 Å². The summed E-state index contributed by atoms with van der Waals surface area (Å²) >= 11 is 1.09. The van der Waals surface area contributed by atoms with Crippen LogP contribution in [0, 0.1) is 11.7 Å². The number of allylic oxidation sites excluding steroid dienone is 2. The van der Waals surface area contributed by atoms with Crippen molar-refractivity contribution >= 4 is 35.2 Å². The number of nitrogens with one attached hydrogen (secondary N) is 3. The highest BCUT2D eigenvalue weighted by Gasteiger charge is 2.30. The molecule has 10 nitrogen and oxygen atoms in total. The lowest BCUT2D eigenvalue weighted by atomic mass is 10.0. The lowest BCUT2D eigenvalue weighted by Crippen LogP contribution is -2.51. The van der Waals surface area contributed by atoms with Gasteiger partial charge in [-0.25, -0.2) is 9.37 Å². The predicted molar refractivity (Wildman–Crippen MR) is 132 cm³/mol. The molecule has 1 aliphatic rings. The summed E-state index contributed by atoms with van der Waals surface area (Å²) < 4.78 is 19.7. The van der Waals surface area contributed by atoms with Crippen LogP contribution in [0.25, 0.3) is 0 Å². The fourth-order valence-corrected chi connectivity index (χ4v) is 3.66. The number of pyridine rings is 1. The molecule has 3 atom stereocenters. The molecular formula is C24H31FN4O6S. The summed E-state index contributed by atoms with van der Waals surface area (Å²) in [6.07, 6.45) is 2.62. The van der Waals surface area contributed by atoms with Gasteiger partial charge < -0.3 is 20.5 Å². The molecule has 0 aromatic carbocycles. The Morgan fingerprint density at radius 3 is 2.72 bits per heavy atom. The van der Waals surface area contributed by atoms with Crippen LogP contribution in [0.15, 0.2) is 36.1 Å². The van der Waals surface area contributed by atoms with Crippen LogP contribution in [-0.4, -0.2) is 57.6 Å². The molecule has 0 saturated heterocycles. The topological polar surface area (TPSA) is 147 Å². The fraction of sp³-hybridized carbons (Fsp3) is 0.458. The summed E-state index contributed by atoms with van der Waals surface area (Å²) in [5.41, 5.74) is 0.629. The van der Waals surface area contributed by atoms with Crippen LogP contribution in [0.3, 0.4) is 0 Å². The molecule has 36 heavy (non-hydrogen) atoms. The quantitative estimate of drug-likeness (QED) is 0.189. The molecule has 12 heteroatoms. The number of halogens is 1. The molecule has 2 rings (SSSR count). The molecule has 1 unspecified atom stereocenters. The number of hydrogen-bond acceptors (Lipinski definition) is 9. The highest BCUT2D eigenvalue weighted by atomic mass is 32.2. The monoisotopic (exact) mass is 522 g/mol. The van der Waals surface area contributed by atoms with E-state index in [9.17, 15) is 28.7 Å². The van der Waals surface area contributed by atoms with E-state index in [1.54, 1.807) is 32.9 Å². The average Bonchev–Trinajstić information content (AvgIpc) is 2.82. The summed E-state index contributed by atoms with van der Waals surface area (Å²) in [5, 5.41) is 18.5. The molecule has 0 fully saturated rings. The van der Waals surface area contributed by atoms with Gasteiger partial charge in [0.15, 0.2) is 5.62 Å². The van der Waals surface area contributed by atoms with Crippen LogP contribution >= 0.6 is 11.8 Å². The number of esters is 1. The largest absolute Gasteiger partial charge is 0.456 e. The number of rotatable bonds is 6. The van der Waals surface area contributed by atoms with Crippen LogP contribution in [0.2, 0.25) is 0 Å². The predicted octanol–water partition coefficient (Wildman–Crippen LogP) is 1.59. The molecule has 2 bridgehead atoms. The Labute approximate surface area is 213 Å². The number of nitrogens with zero attached hydrogens (tertiary/aromatic N) is 1. The first kappa shape index (κ1) is 29.1. The van der Waals surface area contributed by atoms with Crippen LogP contribution in [0.5, 0.6) is 0 Å². The molecule has 1 aromatic rings. The number of thioether (sulfide) groups is 1. The van der Waals surface area contributed by atoms with E-state index in [0.29, 0.717) is 12.2 Å².